The van der Waals surface area contributed by atoms with E-state index in [1.165, 1.54) is 6.26 Å². The van der Waals surface area contributed by atoms with Crippen molar-refractivity contribution in [3.05, 3.63) is 71.7 Å². The van der Waals surface area contributed by atoms with Gasteiger partial charge in [0, 0.05) is 24.9 Å². The number of hydrogen-bond donors (Lipinski definition) is 1. The Labute approximate surface area is 186 Å². The Morgan fingerprint density at radius 3 is 2.81 bits per heavy atom. The van der Waals surface area contributed by atoms with E-state index in [0.717, 1.165) is 11.3 Å². The van der Waals surface area contributed by atoms with Gasteiger partial charge in [-0.2, -0.15) is 0 Å². The zero-order valence-electron chi connectivity index (χ0n) is 18.4. The van der Waals surface area contributed by atoms with Crippen LogP contribution >= 0.6 is 0 Å². The summed E-state index contributed by atoms with van der Waals surface area (Å²) in [4.78, 5) is 35.1. The van der Waals surface area contributed by atoms with E-state index in [1.807, 2.05) is 36.4 Å². The predicted octanol–water partition coefficient (Wildman–Crippen LogP) is 3.27. The van der Waals surface area contributed by atoms with Gasteiger partial charge in [-0.15, -0.1) is 0 Å². The third kappa shape index (κ3) is 4.80. The molecule has 0 atom stereocenters. The lowest BCUT2D eigenvalue weighted by Crippen LogP contribution is -2.38. The topological polar surface area (TPSA) is 97.6 Å². The third-order valence-corrected chi connectivity index (χ3v) is 5.24. The number of nitrogens with zero attached hydrogens (tertiary/aromatic N) is 3. The standard InChI is InChI=1S/C24H26N4O4/c1-24(2,3)16-7-8-20-19(12-16)28(22(29)15-31-20)13-21-27-18(14-32-21)23(30)26-11-9-17-6-4-5-10-25-17/h4-8,10,12,14H,9,11,13,15H2,1-3H3,(H,26,30). The van der Waals surface area contributed by atoms with Crippen LogP contribution in [0.25, 0.3) is 0 Å². The van der Waals surface area contributed by atoms with Gasteiger partial charge in [-0.05, 0) is 35.2 Å². The van der Waals surface area contributed by atoms with Crippen molar-refractivity contribution in [1.82, 2.24) is 15.3 Å². The maximum absolute atomic E-state index is 12.6. The average Bonchev–Trinajstić information content (AvgIpc) is 3.24. The van der Waals surface area contributed by atoms with Crippen LogP contribution in [-0.2, 0) is 23.2 Å². The van der Waals surface area contributed by atoms with Crippen LogP contribution in [0.4, 0.5) is 5.69 Å². The number of carbonyl (C=O) groups is 2. The fourth-order valence-electron chi connectivity index (χ4n) is 3.41. The molecule has 1 aliphatic rings. The Kier molecular flexibility index (Phi) is 5.94. The number of anilines is 1. The van der Waals surface area contributed by atoms with Crippen LogP contribution in [-0.4, -0.2) is 34.9 Å². The first kappa shape index (κ1) is 21.5. The van der Waals surface area contributed by atoms with E-state index in [0.29, 0.717) is 24.4 Å². The summed E-state index contributed by atoms with van der Waals surface area (Å²) in [5, 5.41) is 2.81. The van der Waals surface area contributed by atoms with Crippen LogP contribution in [0.2, 0.25) is 0 Å². The molecule has 1 aliphatic heterocycles. The fourth-order valence-corrected chi connectivity index (χ4v) is 3.41. The van der Waals surface area contributed by atoms with Gasteiger partial charge >= 0.3 is 0 Å². The minimum atomic E-state index is -0.334. The summed E-state index contributed by atoms with van der Waals surface area (Å²) in [6, 6.07) is 11.5. The van der Waals surface area contributed by atoms with Crippen molar-refractivity contribution in [2.45, 2.75) is 39.2 Å². The van der Waals surface area contributed by atoms with E-state index in [1.54, 1.807) is 11.1 Å². The molecule has 3 aromatic rings. The minimum Gasteiger partial charge on any atom is -0.482 e. The summed E-state index contributed by atoms with van der Waals surface area (Å²) >= 11 is 0. The first-order valence-corrected chi connectivity index (χ1v) is 10.5. The molecule has 0 saturated heterocycles. The van der Waals surface area contributed by atoms with E-state index in [4.69, 9.17) is 9.15 Å². The highest BCUT2D eigenvalue weighted by Gasteiger charge is 2.29. The molecule has 1 N–H and O–H groups in total. The Hall–Kier alpha value is -3.68. The summed E-state index contributed by atoms with van der Waals surface area (Å²) in [6.07, 6.45) is 3.64. The van der Waals surface area contributed by atoms with Gasteiger partial charge in [-0.3, -0.25) is 19.5 Å². The second-order valence-electron chi connectivity index (χ2n) is 8.65. The number of oxazole rings is 1. The lowest BCUT2D eigenvalue weighted by atomic mass is 9.86. The molecule has 0 bridgehead atoms. The van der Waals surface area contributed by atoms with Crippen molar-refractivity contribution in [3.63, 3.8) is 0 Å². The number of aromatic nitrogens is 2. The van der Waals surface area contributed by atoms with E-state index in [2.05, 4.69) is 36.1 Å². The Bertz CT molecular complexity index is 1120. The van der Waals surface area contributed by atoms with Gasteiger partial charge in [0.1, 0.15) is 18.6 Å². The number of hydrogen-bond acceptors (Lipinski definition) is 6. The molecule has 2 aromatic heterocycles. The maximum atomic E-state index is 12.6. The van der Waals surface area contributed by atoms with E-state index in [-0.39, 0.29) is 42.0 Å². The number of benzene rings is 1. The van der Waals surface area contributed by atoms with Crippen LogP contribution in [0.3, 0.4) is 0 Å². The van der Waals surface area contributed by atoms with E-state index in [9.17, 15) is 9.59 Å². The third-order valence-electron chi connectivity index (χ3n) is 5.24. The number of pyridine rings is 1. The molecule has 0 spiro atoms. The first-order valence-electron chi connectivity index (χ1n) is 10.5. The number of amides is 2. The number of rotatable bonds is 6. The lowest BCUT2D eigenvalue weighted by Gasteiger charge is -2.30. The Balaban J connectivity index is 1.44. The summed E-state index contributed by atoms with van der Waals surface area (Å²) in [7, 11) is 0. The predicted molar refractivity (Wildman–Crippen MR) is 119 cm³/mol. The fraction of sp³-hybridized carbons (Fsp3) is 0.333. The zero-order chi connectivity index (χ0) is 22.7. The molecule has 166 valence electrons. The molecule has 3 heterocycles. The number of ether oxygens (including phenoxy) is 1. The smallest absolute Gasteiger partial charge is 0.273 e. The van der Waals surface area contributed by atoms with Gasteiger partial charge in [0.2, 0.25) is 5.89 Å². The summed E-state index contributed by atoms with van der Waals surface area (Å²) in [5.41, 5.74) is 2.75. The second kappa shape index (κ2) is 8.82. The van der Waals surface area contributed by atoms with Crippen LogP contribution in [0.15, 0.2) is 53.3 Å². The minimum absolute atomic E-state index is 0.0521. The summed E-state index contributed by atoms with van der Waals surface area (Å²) in [6.45, 7) is 6.82. The van der Waals surface area contributed by atoms with Crippen molar-refractivity contribution in [1.29, 1.82) is 0 Å². The van der Waals surface area contributed by atoms with Gasteiger partial charge < -0.3 is 14.5 Å². The number of fused-ring (bicyclic) bond motifs is 1. The molecule has 0 radical (unpaired) electrons. The molecule has 0 fully saturated rings. The van der Waals surface area contributed by atoms with Gasteiger partial charge in [-0.1, -0.05) is 32.9 Å². The van der Waals surface area contributed by atoms with Gasteiger partial charge in [0.25, 0.3) is 11.8 Å². The molecule has 8 nitrogen and oxygen atoms in total. The monoisotopic (exact) mass is 434 g/mol. The largest absolute Gasteiger partial charge is 0.482 e. The molecule has 1 aromatic carbocycles. The van der Waals surface area contributed by atoms with Crippen LogP contribution in [0, 0.1) is 0 Å². The van der Waals surface area contributed by atoms with Gasteiger partial charge in [0.15, 0.2) is 12.3 Å². The number of nitrogens with one attached hydrogen (secondary N) is 1. The van der Waals surface area contributed by atoms with Crippen LogP contribution in [0.5, 0.6) is 5.75 Å². The van der Waals surface area contributed by atoms with E-state index >= 15 is 0 Å². The average molecular weight is 434 g/mol. The lowest BCUT2D eigenvalue weighted by molar-refractivity contribution is -0.121. The number of carbonyl (C=O) groups excluding carboxylic acids is 2. The normalized spacial score (nSPS) is 13.5. The van der Waals surface area contributed by atoms with Crippen molar-refractivity contribution in [2.24, 2.45) is 0 Å². The second-order valence-corrected chi connectivity index (χ2v) is 8.65. The Morgan fingerprint density at radius 2 is 2.06 bits per heavy atom. The zero-order valence-corrected chi connectivity index (χ0v) is 18.4. The maximum Gasteiger partial charge on any atom is 0.273 e. The van der Waals surface area contributed by atoms with Gasteiger partial charge in [0.05, 0.1) is 5.69 Å². The first-order chi connectivity index (χ1) is 15.3. The molecular formula is C24H26N4O4. The van der Waals surface area contributed by atoms with Crippen LogP contribution in [0.1, 0.15) is 48.4 Å². The highest BCUT2D eigenvalue weighted by atomic mass is 16.5. The van der Waals surface area contributed by atoms with Crippen LogP contribution < -0.4 is 15.0 Å². The Morgan fingerprint density at radius 1 is 1.22 bits per heavy atom. The molecular weight excluding hydrogens is 408 g/mol. The van der Waals surface area contributed by atoms with Crippen molar-refractivity contribution >= 4 is 17.5 Å². The SMILES string of the molecule is CC(C)(C)c1ccc2c(c1)N(Cc1nc(C(=O)NCCc3ccccn3)co1)C(=O)CO2. The quantitative estimate of drug-likeness (QED) is 0.640. The molecule has 8 heteroatoms. The molecule has 4 rings (SSSR count). The molecule has 0 saturated carbocycles. The highest BCUT2D eigenvalue weighted by Crippen LogP contribution is 2.37. The summed E-state index contributed by atoms with van der Waals surface area (Å²) < 4.78 is 11.1. The van der Waals surface area contributed by atoms with Gasteiger partial charge in [-0.25, -0.2) is 4.98 Å². The summed E-state index contributed by atoms with van der Waals surface area (Å²) in [5.74, 6) is 0.390. The highest BCUT2D eigenvalue weighted by molar-refractivity contribution is 5.98. The van der Waals surface area contributed by atoms with Crippen molar-refractivity contribution in [3.8, 4) is 5.75 Å². The van der Waals surface area contributed by atoms with Crippen molar-refractivity contribution in [2.75, 3.05) is 18.1 Å². The van der Waals surface area contributed by atoms with Crippen molar-refractivity contribution < 1.29 is 18.7 Å². The molecule has 0 unspecified atom stereocenters. The van der Waals surface area contributed by atoms with E-state index < -0.39 is 0 Å². The molecule has 32 heavy (non-hydrogen) atoms. The molecule has 0 aliphatic carbocycles. The molecule has 2 amide bonds.